The lowest BCUT2D eigenvalue weighted by Crippen LogP contribution is -2.25. The Morgan fingerprint density at radius 2 is 1.94 bits per heavy atom. The highest BCUT2D eigenvalue weighted by atomic mass is 127. The largest absolute Gasteiger partial charge is 0.438 e. The molecule has 1 aliphatic carbocycles. The summed E-state index contributed by atoms with van der Waals surface area (Å²) in [7, 11) is 0. The zero-order valence-electron chi connectivity index (χ0n) is 11.0. The van der Waals surface area contributed by atoms with Crippen molar-refractivity contribution in [2.75, 3.05) is 6.79 Å². The summed E-state index contributed by atoms with van der Waals surface area (Å²) in [6.45, 7) is 6.52. The number of alkyl halides is 1. The van der Waals surface area contributed by atoms with Crippen LogP contribution in [0.25, 0.3) is 0 Å². The number of halogens is 1. The van der Waals surface area contributed by atoms with Crippen molar-refractivity contribution in [3.63, 3.8) is 0 Å². The number of esters is 1. The maximum absolute atomic E-state index is 11.6. The fourth-order valence-corrected chi connectivity index (χ4v) is 2.12. The highest BCUT2D eigenvalue weighted by molar-refractivity contribution is 14.1. The molecular weight excluding hydrogens is 331 g/mol. The van der Waals surface area contributed by atoms with Gasteiger partial charge in [0.1, 0.15) is 0 Å². The number of ether oxygens (including phenoxy) is 2. The molecule has 1 atom stereocenters. The Hall–Kier alpha value is 0.160. The second-order valence-electron chi connectivity index (χ2n) is 5.75. The van der Waals surface area contributed by atoms with Gasteiger partial charge in [-0.1, -0.05) is 56.2 Å². The molecule has 0 aliphatic heterocycles. The van der Waals surface area contributed by atoms with E-state index in [9.17, 15) is 4.79 Å². The van der Waals surface area contributed by atoms with E-state index >= 15 is 0 Å². The first-order valence-corrected chi connectivity index (χ1v) is 7.55. The van der Waals surface area contributed by atoms with Crippen LogP contribution < -0.4 is 0 Å². The molecule has 0 radical (unpaired) electrons. The molecule has 1 saturated carbocycles. The van der Waals surface area contributed by atoms with Crippen LogP contribution in [-0.4, -0.2) is 22.8 Å². The van der Waals surface area contributed by atoms with E-state index in [4.69, 9.17) is 9.47 Å². The smallest absolute Gasteiger partial charge is 0.308 e. The first-order valence-electron chi connectivity index (χ1n) is 6.31. The van der Waals surface area contributed by atoms with Crippen molar-refractivity contribution in [3.05, 3.63) is 0 Å². The van der Waals surface area contributed by atoms with Gasteiger partial charge in [-0.3, -0.25) is 4.79 Å². The van der Waals surface area contributed by atoms with E-state index in [1.807, 2.05) is 0 Å². The van der Waals surface area contributed by atoms with E-state index in [2.05, 4.69) is 43.4 Å². The van der Waals surface area contributed by atoms with Crippen LogP contribution in [-0.2, 0) is 14.3 Å². The van der Waals surface area contributed by atoms with Gasteiger partial charge in [-0.25, -0.2) is 0 Å². The second kappa shape index (κ2) is 6.92. The standard InChI is InChI=1S/C13H23IO3/c1-13(2,3)11(14)8-12(15)17-9-16-10-6-4-5-7-10/h10-11H,4-9H2,1-3H3. The Bertz CT molecular complexity index is 242. The first kappa shape index (κ1) is 15.2. The molecule has 0 saturated heterocycles. The van der Waals surface area contributed by atoms with Gasteiger partial charge in [0.15, 0.2) is 6.79 Å². The fourth-order valence-electron chi connectivity index (χ4n) is 1.76. The third kappa shape index (κ3) is 6.04. The lowest BCUT2D eigenvalue weighted by molar-refractivity contribution is -0.160. The molecule has 0 amide bonds. The molecule has 0 aromatic rings. The molecule has 1 rings (SSSR count). The maximum Gasteiger partial charge on any atom is 0.308 e. The van der Waals surface area contributed by atoms with Crippen molar-refractivity contribution >= 4 is 28.6 Å². The topological polar surface area (TPSA) is 35.5 Å². The molecule has 4 heteroatoms. The van der Waals surface area contributed by atoms with Crippen LogP contribution in [0.1, 0.15) is 52.9 Å². The van der Waals surface area contributed by atoms with Gasteiger partial charge < -0.3 is 9.47 Å². The summed E-state index contributed by atoms with van der Waals surface area (Å²) in [5, 5.41) is 0. The van der Waals surface area contributed by atoms with Crippen LogP contribution in [0, 0.1) is 5.41 Å². The molecule has 0 heterocycles. The van der Waals surface area contributed by atoms with E-state index in [1.165, 1.54) is 12.8 Å². The molecule has 0 bridgehead atoms. The summed E-state index contributed by atoms with van der Waals surface area (Å²) >= 11 is 2.31. The molecule has 0 aromatic carbocycles. The van der Waals surface area contributed by atoms with Crippen LogP contribution in [0.2, 0.25) is 0 Å². The highest BCUT2D eigenvalue weighted by Crippen LogP contribution is 2.29. The summed E-state index contributed by atoms with van der Waals surface area (Å²) in [6.07, 6.45) is 5.44. The van der Waals surface area contributed by atoms with Crippen LogP contribution in [0.15, 0.2) is 0 Å². The fraction of sp³-hybridized carbons (Fsp3) is 0.923. The van der Waals surface area contributed by atoms with Crippen molar-refractivity contribution < 1.29 is 14.3 Å². The van der Waals surface area contributed by atoms with Gasteiger partial charge in [-0.05, 0) is 18.3 Å². The molecule has 3 nitrogen and oxygen atoms in total. The zero-order valence-corrected chi connectivity index (χ0v) is 13.2. The predicted molar refractivity (Wildman–Crippen MR) is 76.2 cm³/mol. The molecule has 0 aromatic heterocycles. The maximum atomic E-state index is 11.6. The van der Waals surface area contributed by atoms with Gasteiger partial charge >= 0.3 is 5.97 Å². The average molecular weight is 354 g/mol. The molecule has 1 unspecified atom stereocenters. The van der Waals surface area contributed by atoms with Crippen molar-refractivity contribution in [1.29, 1.82) is 0 Å². The quantitative estimate of drug-likeness (QED) is 0.327. The Kier molecular flexibility index (Phi) is 6.20. The van der Waals surface area contributed by atoms with E-state index in [-0.39, 0.29) is 18.2 Å². The summed E-state index contributed by atoms with van der Waals surface area (Å²) < 4.78 is 10.9. The highest BCUT2D eigenvalue weighted by Gasteiger charge is 2.25. The Balaban J connectivity index is 2.12. The Labute approximate surface area is 118 Å². The summed E-state index contributed by atoms with van der Waals surface area (Å²) in [5.41, 5.74) is 0.131. The molecule has 1 aliphatic rings. The van der Waals surface area contributed by atoms with Gasteiger partial charge in [0.2, 0.25) is 0 Å². The number of hydrogen-bond acceptors (Lipinski definition) is 3. The Morgan fingerprint density at radius 1 is 1.35 bits per heavy atom. The SMILES string of the molecule is CC(C)(C)C(I)CC(=O)OCOC1CCCC1. The molecule has 1 fully saturated rings. The number of rotatable bonds is 5. The van der Waals surface area contributed by atoms with Gasteiger partial charge in [0.25, 0.3) is 0 Å². The van der Waals surface area contributed by atoms with E-state index in [0.717, 1.165) is 12.8 Å². The molecule has 0 spiro atoms. The third-order valence-corrected chi connectivity index (χ3v) is 5.42. The van der Waals surface area contributed by atoms with Gasteiger partial charge in [0, 0.05) is 3.92 Å². The van der Waals surface area contributed by atoms with E-state index in [0.29, 0.717) is 16.4 Å². The second-order valence-corrected chi connectivity index (χ2v) is 7.25. The molecular formula is C13H23IO3. The number of carbonyl (C=O) groups is 1. The minimum atomic E-state index is -0.155. The minimum absolute atomic E-state index is 0.122. The Morgan fingerprint density at radius 3 is 2.47 bits per heavy atom. The molecule has 0 N–H and O–H groups in total. The molecule has 100 valence electrons. The number of hydrogen-bond donors (Lipinski definition) is 0. The van der Waals surface area contributed by atoms with Crippen LogP contribution in [0.3, 0.4) is 0 Å². The minimum Gasteiger partial charge on any atom is -0.438 e. The van der Waals surface area contributed by atoms with Crippen molar-refractivity contribution in [2.45, 2.75) is 62.9 Å². The average Bonchev–Trinajstić information content (AvgIpc) is 2.69. The first-order chi connectivity index (χ1) is 7.89. The van der Waals surface area contributed by atoms with E-state index < -0.39 is 0 Å². The molecule has 17 heavy (non-hydrogen) atoms. The number of carbonyl (C=O) groups excluding carboxylic acids is 1. The normalized spacial score (nSPS) is 19.3. The lowest BCUT2D eigenvalue weighted by atomic mass is 9.90. The van der Waals surface area contributed by atoms with Crippen molar-refractivity contribution in [2.24, 2.45) is 5.41 Å². The van der Waals surface area contributed by atoms with Crippen LogP contribution >= 0.6 is 22.6 Å². The summed E-state index contributed by atoms with van der Waals surface area (Å²) in [4.78, 5) is 11.6. The summed E-state index contributed by atoms with van der Waals surface area (Å²) in [6, 6.07) is 0. The monoisotopic (exact) mass is 354 g/mol. The zero-order chi connectivity index (χ0) is 12.9. The third-order valence-electron chi connectivity index (χ3n) is 3.11. The van der Waals surface area contributed by atoms with Gasteiger partial charge in [-0.15, -0.1) is 0 Å². The van der Waals surface area contributed by atoms with Gasteiger partial charge in [-0.2, -0.15) is 0 Å². The van der Waals surface area contributed by atoms with Crippen molar-refractivity contribution in [3.8, 4) is 0 Å². The lowest BCUT2D eigenvalue weighted by Gasteiger charge is -2.24. The summed E-state index contributed by atoms with van der Waals surface area (Å²) in [5.74, 6) is -0.155. The van der Waals surface area contributed by atoms with Gasteiger partial charge in [0.05, 0.1) is 12.5 Å². The van der Waals surface area contributed by atoms with Crippen LogP contribution in [0.4, 0.5) is 0 Å². The predicted octanol–water partition coefficient (Wildman–Crippen LogP) is 3.69. The van der Waals surface area contributed by atoms with Crippen LogP contribution in [0.5, 0.6) is 0 Å². The van der Waals surface area contributed by atoms with Crippen molar-refractivity contribution in [1.82, 2.24) is 0 Å². The van der Waals surface area contributed by atoms with E-state index in [1.54, 1.807) is 0 Å².